The molecule has 12 heteroatoms. The summed E-state index contributed by atoms with van der Waals surface area (Å²) in [6.45, 7) is 0. The molecule has 0 aliphatic rings. The number of anilines is 2. The maximum absolute atomic E-state index is 12.9. The predicted octanol–water partition coefficient (Wildman–Crippen LogP) is 4.08. The quantitative estimate of drug-likeness (QED) is 0.520. The molecular weight excluding hydrogens is 437 g/mol. The average molecular weight is 452 g/mol. The Hall–Kier alpha value is -3.54. The van der Waals surface area contributed by atoms with Gasteiger partial charge in [-0.05, 0) is 42.5 Å². The van der Waals surface area contributed by atoms with E-state index >= 15 is 0 Å². The summed E-state index contributed by atoms with van der Waals surface area (Å²) in [7, 11) is 1.29. The highest BCUT2D eigenvalue weighted by Crippen LogP contribution is 2.35. The minimum Gasteiger partial charge on any atom is -0.495 e. The second kappa shape index (κ2) is 9.51. The minimum atomic E-state index is -4.55. The number of furan rings is 1. The number of ether oxygens (including phenoxy) is 1. The number of alkyl halides is 3. The zero-order valence-electron chi connectivity index (χ0n) is 15.9. The standard InChI is InChI=1S/C19H15F3N4O4S/c1-29-13-5-4-11(19(20,21)22)9-12(13)23-16(27)10-31-17-7-6-15(25-26-17)24-18(28)14-3-2-8-30-14/h2-9H,10H2,1H3,(H,23,27)(H,24,25,28). The highest BCUT2D eigenvalue weighted by molar-refractivity contribution is 7.99. The number of carbonyl (C=O) groups excluding carboxylic acids is 2. The van der Waals surface area contributed by atoms with Crippen LogP contribution in [0.4, 0.5) is 24.7 Å². The predicted molar refractivity (Wildman–Crippen MR) is 106 cm³/mol. The third-order valence-electron chi connectivity index (χ3n) is 3.78. The van der Waals surface area contributed by atoms with Crippen LogP contribution in [0.2, 0.25) is 0 Å². The number of thioether (sulfide) groups is 1. The summed E-state index contributed by atoms with van der Waals surface area (Å²) in [5, 5.41) is 13.0. The van der Waals surface area contributed by atoms with Crippen LogP contribution in [0.25, 0.3) is 0 Å². The summed E-state index contributed by atoms with van der Waals surface area (Å²) in [5.74, 6) is -0.783. The van der Waals surface area contributed by atoms with E-state index in [0.717, 1.165) is 30.0 Å². The van der Waals surface area contributed by atoms with Crippen molar-refractivity contribution in [2.24, 2.45) is 0 Å². The van der Waals surface area contributed by atoms with Gasteiger partial charge >= 0.3 is 6.18 Å². The van der Waals surface area contributed by atoms with E-state index in [1.807, 2.05) is 0 Å². The first-order valence-corrected chi connectivity index (χ1v) is 9.61. The van der Waals surface area contributed by atoms with E-state index < -0.39 is 23.6 Å². The average Bonchev–Trinajstić information content (AvgIpc) is 3.28. The van der Waals surface area contributed by atoms with Gasteiger partial charge in [0.1, 0.15) is 10.8 Å². The van der Waals surface area contributed by atoms with Crippen molar-refractivity contribution in [2.45, 2.75) is 11.2 Å². The molecule has 0 saturated carbocycles. The van der Waals surface area contributed by atoms with E-state index in [1.165, 1.54) is 31.6 Å². The summed E-state index contributed by atoms with van der Waals surface area (Å²) >= 11 is 1.02. The van der Waals surface area contributed by atoms with Gasteiger partial charge in [0, 0.05) is 0 Å². The fraction of sp³-hybridized carbons (Fsp3) is 0.158. The first-order chi connectivity index (χ1) is 14.8. The zero-order valence-corrected chi connectivity index (χ0v) is 16.7. The summed E-state index contributed by atoms with van der Waals surface area (Å²) in [5.41, 5.74) is -1.00. The molecule has 0 spiro atoms. The Morgan fingerprint density at radius 3 is 2.55 bits per heavy atom. The lowest BCUT2D eigenvalue weighted by molar-refractivity contribution is -0.137. The van der Waals surface area contributed by atoms with Crippen LogP contribution >= 0.6 is 11.8 Å². The Bertz CT molecular complexity index is 1060. The number of nitrogens with zero attached hydrogens (tertiary/aromatic N) is 2. The molecule has 0 aliphatic heterocycles. The molecule has 3 rings (SSSR count). The number of amides is 2. The molecule has 8 nitrogen and oxygen atoms in total. The van der Waals surface area contributed by atoms with E-state index in [2.05, 4.69) is 20.8 Å². The van der Waals surface area contributed by atoms with Crippen LogP contribution in [0.3, 0.4) is 0 Å². The van der Waals surface area contributed by atoms with E-state index in [4.69, 9.17) is 9.15 Å². The van der Waals surface area contributed by atoms with Gasteiger partial charge in [-0.25, -0.2) is 0 Å². The number of hydrogen-bond donors (Lipinski definition) is 2. The number of carbonyl (C=O) groups is 2. The molecule has 2 aromatic heterocycles. The van der Waals surface area contributed by atoms with Crippen LogP contribution in [0, 0.1) is 0 Å². The van der Waals surface area contributed by atoms with Gasteiger partial charge in [-0.15, -0.1) is 10.2 Å². The fourth-order valence-corrected chi connectivity index (χ4v) is 2.97. The lowest BCUT2D eigenvalue weighted by Crippen LogP contribution is -2.16. The molecule has 2 heterocycles. The monoisotopic (exact) mass is 452 g/mol. The third kappa shape index (κ3) is 5.98. The molecule has 2 N–H and O–H groups in total. The topological polar surface area (TPSA) is 106 Å². The lowest BCUT2D eigenvalue weighted by atomic mass is 10.2. The Morgan fingerprint density at radius 2 is 1.94 bits per heavy atom. The van der Waals surface area contributed by atoms with Crippen molar-refractivity contribution >= 4 is 35.1 Å². The number of hydrogen-bond acceptors (Lipinski definition) is 7. The number of nitrogens with one attached hydrogen (secondary N) is 2. The molecule has 0 aliphatic carbocycles. The summed E-state index contributed by atoms with van der Waals surface area (Å²) in [6.07, 6.45) is -3.19. The molecule has 1 aromatic carbocycles. The van der Waals surface area contributed by atoms with E-state index in [1.54, 1.807) is 6.07 Å². The molecule has 162 valence electrons. The maximum Gasteiger partial charge on any atom is 0.416 e. The minimum absolute atomic E-state index is 0.0926. The molecule has 3 aromatic rings. The van der Waals surface area contributed by atoms with Crippen LogP contribution in [0.5, 0.6) is 5.75 Å². The lowest BCUT2D eigenvalue weighted by Gasteiger charge is -2.13. The third-order valence-corrected chi connectivity index (χ3v) is 4.70. The van der Waals surface area contributed by atoms with Crippen molar-refractivity contribution < 1.29 is 31.9 Å². The number of methoxy groups -OCH3 is 1. The Kier molecular flexibility index (Phi) is 6.80. The van der Waals surface area contributed by atoms with Crippen molar-refractivity contribution in [2.75, 3.05) is 23.5 Å². The number of rotatable bonds is 7. The number of halogens is 3. The van der Waals surface area contributed by atoms with Gasteiger partial charge < -0.3 is 19.8 Å². The van der Waals surface area contributed by atoms with Crippen LogP contribution < -0.4 is 15.4 Å². The van der Waals surface area contributed by atoms with Crippen LogP contribution in [0.15, 0.2) is 58.2 Å². The maximum atomic E-state index is 12.9. The molecular formula is C19H15F3N4O4S. The van der Waals surface area contributed by atoms with Gasteiger partial charge in [-0.3, -0.25) is 9.59 Å². The molecule has 0 atom stereocenters. The van der Waals surface area contributed by atoms with Gasteiger partial charge in [0.05, 0.1) is 30.4 Å². The first kappa shape index (κ1) is 22.2. The Balaban J connectivity index is 1.57. The zero-order chi connectivity index (χ0) is 22.4. The van der Waals surface area contributed by atoms with Gasteiger partial charge in [-0.2, -0.15) is 13.2 Å². The first-order valence-electron chi connectivity index (χ1n) is 8.63. The van der Waals surface area contributed by atoms with Crippen molar-refractivity contribution in [3.8, 4) is 5.75 Å². The normalized spacial score (nSPS) is 11.1. The molecule has 0 fully saturated rings. The highest BCUT2D eigenvalue weighted by atomic mass is 32.2. The highest BCUT2D eigenvalue weighted by Gasteiger charge is 2.31. The number of benzene rings is 1. The second-order valence-corrected chi connectivity index (χ2v) is 6.93. The summed E-state index contributed by atoms with van der Waals surface area (Å²) < 4.78 is 48.7. The van der Waals surface area contributed by atoms with Gasteiger partial charge in [0.2, 0.25) is 5.91 Å². The van der Waals surface area contributed by atoms with Crippen LogP contribution in [-0.2, 0) is 11.0 Å². The van der Waals surface area contributed by atoms with Crippen LogP contribution in [-0.4, -0.2) is 34.9 Å². The molecule has 0 saturated heterocycles. The van der Waals surface area contributed by atoms with Crippen molar-refractivity contribution in [1.29, 1.82) is 0 Å². The van der Waals surface area contributed by atoms with E-state index in [9.17, 15) is 22.8 Å². The van der Waals surface area contributed by atoms with Crippen molar-refractivity contribution in [3.05, 3.63) is 60.1 Å². The summed E-state index contributed by atoms with van der Waals surface area (Å²) in [4.78, 5) is 24.0. The smallest absolute Gasteiger partial charge is 0.416 e. The molecule has 31 heavy (non-hydrogen) atoms. The van der Waals surface area contributed by atoms with E-state index in [0.29, 0.717) is 5.03 Å². The van der Waals surface area contributed by atoms with E-state index in [-0.39, 0.29) is 28.8 Å². The van der Waals surface area contributed by atoms with Crippen molar-refractivity contribution in [3.63, 3.8) is 0 Å². The van der Waals surface area contributed by atoms with Crippen molar-refractivity contribution in [1.82, 2.24) is 10.2 Å². The van der Waals surface area contributed by atoms with Gasteiger partial charge in [0.15, 0.2) is 11.6 Å². The van der Waals surface area contributed by atoms with Gasteiger partial charge in [0.25, 0.3) is 5.91 Å². The van der Waals surface area contributed by atoms with Crippen LogP contribution in [0.1, 0.15) is 16.1 Å². The molecule has 0 bridgehead atoms. The fourth-order valence-electron chi connectivity index (χ4n) is 2.36. The Morgan fingerprint density at radius 1 is 1.13 bits per heavy atom. The SMILES string of the molecule is COc1ccc(C(F)(F)F)cc1NC(=O)CSc1ccc(NC(=O)c2ccco2)nn1. The molecule has 0 unspecified atom stereocenters. The summed E-state index contributed by atoms with van der Waals surface area (Å²) in [6, 6.07) is 8.89. The van der Waals surface area contributed by atoms with Gasteiger partial charge in [-0.1, -0.05) is 11.8 Å². The molecule has 2 amide bonds. The number of aromatic nitrogens is 2. The second-order valence-electron chi connectivity index (χ2n) is 5.94. The largest absolute Gasteiger partial charge is 0.495 e. The Labute approximate surface area is 178 Å². The molecule has 0 radical (unpaired) electrons.